The van der Waals surface area contributed by atoms with Gasteiger partial charge in [0.05, 0.1) is 5.88 Å². The highest BCUT2D eigenvalue weighted by Crippen LogP contribution is 2.35. The first-order valence-corrected chi connectivity index (χ1v) is 10.5. The van der Waals surface area contributed by atoms with Gasteiger partial charge in [0.2, 0.25) is 0 Å². The molecular formula is C23H22N4S. The fourth-order valence-corrected chi connectivity index (χ4v) is 4.84. The van der Waals surface area contributed by atoms with E-state index in [9.17, 15) is 0 Å². The number of aromatic amines is 1. The molecule has 1 atom stereocenters. The third kappa shape index (κ3) is 3.39. The van der Waals surface area contributed by atoms with E-state index in [0.717, 1.165) is 18.8 Å². The number of H-pyrrole nitrogens is 1. The van der Waals surface area contributed by atoms with Crippen molar-refractivity contribution in [3.63, 3.8) is 0 Å². The quantitative estimate of drug-likeness (QED) is 0.527. The molecule has 0 saturated heterocycles. The van der Waals surface area contributed by atoms with Gasteiger partial charge in [-0.3, -0.25) is 4.98 Å². The van der Waals surface area contributed by atoms with Crippen LogP contribution < -0.4 is 5.73 Å². The first-order valence-electron chi connectivity index (χ1n) is 9.50. The molecule has 5 rings (SSSR count). The molecule has 0 aliphatic carbocycles. The van der Waals surface area contributed by atoms with Gasteiger partial charge < -0.3 is 15.6 Å². The summed E-state index contributed by atoms with van der Waals surface area (Å²) in [5.74, 6) is 0.950. The van der Waals surface area contributed by atoms with Crippen molar-refractivity contribution in [1.82, 2.24) is 14.9 Å². The van der Waals surface area contributed by atoms with Crippen LogP contribution in [0.5, 0.6) is 0 Å². The third-order valence-corrected chi connectivity index (χ3v) is 6.35. The maximum absolute atomic E-state index is 6.49. The largest absolute Gasteiger partial charge is 0.365 e. The van der Waals surface area contributed by atoms with E-state index in [-0.39, 0.29) is 6.04 Å². The molecule has 0 amide bonds. The minimum Gasteiger partial charge on any atom is -0.365 e. The Morgan fingerprint density at radius 1 is 1.14 bits per heavy atom. The van der Waals surface area contributed by atoms with Gasteiger partial charge in [-0.1, -0.05) is 30.3 Å². The maximum Gasteiger partial charge on any atom is 0.0682 e. The first kappa shape index (κ1) is 17.3. The number of rotatable bonds is 5. The summed E-state index contributed by atoms with van der Waals surface area (Å²) in [6.45, 7) is 0.855. The van der Waals surface area contributed by atoms with Gasteiger partial charge in [-0.25, -0.2) is 0 Å². The Kier molecular flexibility index (Phi) is 4.55. The van der Waals surface area contributed by atoms with Gasteiger partial charge in [0, 0.05) is 58.6 Å². The topological polar surface area (TPSA) is 57.9 Å². The number of aromatic nitrogens is 2. The van der Waals surface area contributed by atoms with Gasteiger partial charge in [0.1, 0.15) is 0 Å². The molecule has 4 aromatic rings. The van der Waals surface area contributed by atoms with Crippen LogP contribution in [0.3, 0.4) is 0 Å². The second kappa shape index (κ2) is 7.34. The van der Waals surface area contributed by atoms with E-state index < -0.39 is 0 Å². The molecule has 28 heavy (non-hydrogen) atoms. The van der Waals surface area contributed by atoms with Crippen LogP contribution in [0, 0.1) is 0 Å². The number of benzene rings is 2. The molecule has 0 fully saturated rings. The predicted octanol–water partition coefficient (Wildman–Crippen LogP) is 4.59. The lowest BCUT2D eigenvalue weighted by Gasteiger charge is -2.19. The van der Waals surface area contributed by atoms with Crippen molar-refractivity contribution in [2.24, 2.45) is 5.73 Å². The molecule has 3 N–H and O–H groups in total. The minimum atomic E-state index is 0.0954. The number of hydrogen-bond acceptors (Lipinski definition) is 4. The van der Waals surface area contributed by atoms with Gasteiger partial charge in [-0.2, -0.15) is 0 Å². The molecular weight excluding hydrogens is 364 g/mol. The molecule has 0 saturated carbocycles. The zero-order valence-electron chi connectivity index (χ0n) is 15.5. The van der Waals surface area contributed by atoms with Crippen LogP contribution in [0.1, 0.15) is 11.1 Å². The summed E-state index contributed by atoms with van der Waals surface area (Å²) in [6.07, 6.45) is 8.97. The summed E-state index contributed by atoms with van der Waals surface area (Å²) in [4.78, 5) is 11.2. The van der Waals surface area contributed by atoms with E-state index in [1.54, 1.807) is 0 Å². The van der Waals surface area contributed by atoms with Crippen LogP contribution in [-0.4, -0.2) is 33.3 Å². The normalized spacial score (nSPS) is 15.3. The van der Waals surface area contributed by atoms with Crippen molar-refractivity contribution in [2.45, 2.75) is 12.5 Å². The number of nitrogens with zero attached hydrogens (tertiary/aromatic N) is 2. The highest BCUT2D eigenvalue weighted by atomic mass is 32.2. The summed E-state index contributed by atoms with van der Waals surface area (Å²) in [5.41, 5.74) is 10.2. The number of hydrogen-bond donors (Lipinski definition) is 2. The van der Waals surface area contributed by atoms with Gasteiger partial charge >= 0.3 is 0 Å². The molecule has 0 bridgehead atoms. The Labute approximate surface area is 168 Å². The van der Waals surface area contributed by atoms with Gasteiger partial charge in [-0.15, -0.1) is 11.8 Å². The van der Waals surface area contributed by atoms with Crippen LogP contribution in [0.15, 0.2) is 73.3 Å². The number of nitrogens with one attached hydrogen (secondary N) is 1. The molecule has 0 radical (unpaired) electrons. The van der Waals surface area contributed by atoms with Crippen LogP contribution >= 0.6 is 11.8 Å². The van der Waals surface area contributed by atoms with Gasteiger partial charge in [0.15, 0.2) is 0 Å². The number of thioether (sulfide) groups is 1. The molecule has 0 spiro atoms. The molecule has 2 aromatic carbocycles. The molecule has 1 aliphatic heterocycles. The van der Waals surface area contributed by atoms with Crippen LogP contribution in [0.2, 0.25) is 0 Å². The Balaban J connectivity index is 1.28. The Morgan fingerprint density at radius 3 is 3.04 bits per heavy atom. The molecule has 5 heteroatoms. The van der Waals surface area contributed by atoms with E-state index in [0.29, 0.717) is 0 Å². The molecule has 4 nitrogen and oxygen atoms in total. The smallest absolute Gasteiger partial charge is 0.0682 e. The fraction of sp³-hybridized carbons (Fsp3) is 0.174. The lowest BCUT2D eigenvalue weighted by atomic mass is 10.1. The highest BCUT2D eigenvalue weighted by Gasteiger charge is 2.18. The first-order chi connectivity index (χ1) is 13.8. The number of fused-ring (bicyclic) bond motifs is 2. The predicted molar refractivity (Wildman–Crippen MR) is 119 cm³/mol. The average Bonchev–Trinajstić information content (AvgIpc) is 3.35. The maximum atomic E-state index is 6.49. The van der Waals surface area contributed by atoms with Crippen LogP contribution in [0.4, 0.5) is 0 Å². The van der Waals surface area contributed by atoms with Crippen molar-refractivity contribution < 1.29 is 0 Å². The second-order valence-electron chi connectivity index (χ2n) is 7.30. The van der Waals surface area contributed by atoms with Crippen molar-refractivity contribution >= 4 is 38.3 Å². The van der Waals surface area contributed by atoms with Crippen molar-refractivity contribution in [2.75, 3.05) is 12.4 Å². The lowest BCUT2D eigenvalue weighted by molar-refractivity contribution is 0.402. The van der Waals surface area contributed by atoms with E-state index in [2.05, 4.69) is 75.8 Å². The fourth-order valence-electron chi connectivity index (χ4n) is 3.84. The summed E-state index contributed by atoms with van der Waals surface area (Å²) in [7, 11) is 0. The second-order valence-corrected chi connectivity index (χ2v) is 8.29. The highest BCUT2D eigenvalue weighted by molar-refractivity contribution is 8.08. The zero-order chi connectivity index (χ0) is 18.9. The van der Waals surface area contributed by atoms with E-state index in [1.165, 1.54) is 37.7 Å². The Bertz CT molecular complexity index is 1160. The minimum absolute atomic E-state index is 0.0954. The van der Waals surface area contributed by atoms with Crippen molar-refractivity contribution in [3.8, 4) is 0 Å². The molecule has 140 valence electrons. The summed E-state index contributed by atoms with van der Waals surface area (Å²) in [5, 5.41) is 3.67. The zero-order valence-corrected chi connectivity index (χ0v) is 16.3. The molecule has 2 aromatic heterocycles. The van der Waals surface area contributed by atoms with Crippen LogP contribution in [0.25, 0.3) is 26.6 Å². The SMILES string of the molecule is N[C@@H](Cc1c[nH]c2ccccc12)CN1C=C(c2ccc3cnccc3c2)SC1. The summed E-state index contributed by atoms with van der Waals surface area (Å²) in [6, 6.07) is 17.1. The Hall–Kier alpha value is -2.76. The number of para-hydroxylation sites is 1. The van der Waals surface area contributed by atoms with Gasteiger partial charge in [0.25, 0.3) is 0 Å². The van der Waals surface area contributed by atoms with Gasteiger partial charge in [-0.05, 0) is 41.1 Å². The van der Waals surface area contributed by atoms with E-state index in [4.69, 9.17) is 5.73 Å². The standard InChI is InChI=1S/C23H22N4S/c24-20(10-19-12-26-22-4-2-1-3-21(19)22)13-27-14-23(28-15-27)17-5-6-18-11-25-8-7-16(18)9-17/h1-9,11-12,14,20,26H,10,13,15,24H2/t20-/m0/s1. The number of pyridine rings is 1. The molecule has 0 unspecified atom stereocenters. The van der Waals surface area contributed by atoms with Crippen molar-refractivity contribution in [3.05, 3.63) is 84.4 Å². The summed E-state index contributed by atoms with van der Waals surface area (Å²) >= 11 is 1.87. The van der Waals surface area contributed by atoms with E-state index in [1.807, 2.05) is 24.2 Å². The third-order valence-electron chi connectivity index (χ3n) is 5.24. The Morgan fingerprint density at radius 2 is 2.07 bits per heavy atom. The average molecular weight is 387 g/mol. The van der Waals surface area contributed by atoms with Crippen molar-refractivity contribution in [1.29, 1.82) is 0 Å². The lowest BCUT2D eigenvalue weighted by Crippen LogP contribution is -2.35. The molecule has 1 aliphatic rings. The number of nitrogens with two attached hydrogens (primary N) is 1. The monoisotopic (exact) mass is 386 g/mol. The van der Waals surface area contributed by atoms with Crippen LogP contribution in [-0.2, 0) is 6.42 Å². The summed E-state index contributed by atoms with van der Waals surface area (Å²) < 4.78 is 0. The van der Waals surface area contributed by atoms with E-state index >= 15 is 0 Å². The molecule has 3 heterocycles.